The van der Waals surface area contributed by atoms with Gasteiger partial charge < -0.3 is 14.6 Å². The SMILES string of the molecule is C=CC(=O)OC(=O)C1CCCCC1(C)C(=O)OCCO. The highest BCUT2D eigenvalue weighted by Gasteiger charge is 2.49. The van der Waals surface area contributed by atoms with Crippen LogP contribution >= 0.6 is 0 Å². The van der Waals surface area contributed by atoms with Crippen LogP contribution in [0.4, 0.5) is 0 Å². The Morgan fingerprint density at radius 2 is 2.10 bits per heavy atom. The summed E-state index contributed by atoms with van der Waals surface area (Å²) in [5, 5.41) is 8.70. The first-order valence-electron chi connectivity index (χ1n) is 6.62. The topological polar surface area (TPSA) is 89.9 Å². The van der Waals surface area contributed by atoms with Gasteiger partial charge in [0.1, 0.15) is 6.61 Å². The average Bonchev–Trinajstić information content (AvgIpc) is 2.44. The van der Waals surface area contributed by atoms with Gasteiger partial charge in [-0.3, -0.25) is 9.59 Å². The van der Waals surface area contributed by atoms with Gasteiger partial charge in [-0.2, -0.15) is 0 Å². The normalized spacial score (nSPS) is 25.6. The lowest BCUT2D eigenvalue weighted by Gasteiger charge is -2.37. The lowest BCUT2D eigenvalue weighted by molar-refractivity contribution is -0.175. The minimum Gasteiger partial charge on any atom is -0.463 e. The zero-order valence-corrected chi connectivity index (χ0v) is 11.6. The molecule has 6 heteroatoms. The molecule has 0 aromatic rings. The predicted octanol–water partition coefficient (Wildman–Crippen LogP) is 0.974. The van der Waals surface area contributed by atoms with Gasteiger partial charge in [0, 0.05) is 6.08 Å². The van der Waals surface area contributed by atoms with Gasteiger partial charge in [0.25, 0.3) is 0 Å². The Labute approximate surface area is 117 Å². The molecule has 0 aromatic heterocycles. The van der Waals surface area contributed by atoms with Crippen LogP contribution in [0.15, 0.2) is 12.7 Å². The van der Waals surface area contributed by atoms with E-state index in [1.807, 2.05) is 0 Å². The van der Waals surface area contributed by atoms with Crippen LogP contribution in [0, 0.1) is 11.3 Å². The van der Waals surface area contributed by atoms with E-state index in [4.69, 9.17) is 9.84 Å². The number of carbonyl (C=O) groups is 3. The van der Waals surface area contributed by atoms with Crippen molar-refractivity contribution < 1.29 is 29.0 Å². The highest BCUT2D eigenvalue weighted by Crippen LogP contribution is 2.42. The standard InChI is InChI=1S/C14H20O6/c1-3-11(16)20-12(17)10-6-4-5-7-14(10,2)13(18)19-9-8-15/h3,10,15H,1,4-9H2,2H3. The zero-order valence-electron chi connectivity index (χ0n) is 11.6. The van der Waals surface area contributed by atoms with E-state index in [9.17, 15) is 14.4 Å². The monoisotopic (exact) mass is 284 g/mol. The molecule has 1 rings (SSSR count). The van der Waals surface area contributed by atoms with Gasteiger partial charge in [0.2, 0.25) is 0 Å². The molecule has 0 spiro atoms. The zero-order chi connectivity index (χ0) is 15.2. The second-order valence-corrected chi connectivity index (χ2v) is 5.02. The lowest BCUT2D eigenvalue weighted by atomic mass is 9.67. The van der Waals surface area contributed by atoms with Gasteiger partial charge in [-0.15, -0.1) is 0 Å². The lowest BCUT2D eigenvalue weighted by Crippen LogP contribution is -2.44. The fourth-order valence-corrected chi connectivity index (χ4v) is 2.47. The first kappa shape index (κ1) is 16.4. The van der Waals surface area contributed by atoms with Crippen LogP contribution in [-0.2, 0) is 23.9 Å². The van der Waals surface area contributed by atoms with Gasteiger partial charge in [0.05, 0.1) is 17.9 Å². The third-order valence-corrected chi connectivity index (χ3v) is 3.65. The minimum absolute atomic E-state index is 0.109. The fraction of sp³-hybridized carbons (Fsp3) is 0.643. The Morgan fingerprint density at radius 1 is 1.40 bits per heavy atom. The molecule has 1 aliphatic rings. The fourth-order valence-electron chi connectivity index (χ4n) is 2.47. The van der Waals surface area contributed by atoms with Crippen LogP contribution in [-0.4, -0.2) is 36.2 Å². The Bertz CT molecular complexity index is 402. The third-order valence-electron chi connectivity index (χ3n) is 3.65. The molecular weight excluding hydrogens is 264 g/mol. The summed E-state index contributed by atoms with van der Waals surface area (Å²) in [6.07, 6.45) is 3.43. The summed E-state index contributed by atoms with van der Waals surface area (Å²) in [7, 11) is 0. The van der Waals surface area contributed by atoms with Gasteiger partial charge in [0.15, 0.2) is 0 Å². The highest BCUT2D eigenvalue weighted by molar-refractivity contribution is 5.94. The number of hydrogen-bond donors (Lipinski definition) is 1. The van der Waals surface area contributed by atoms with Crippen molar-refractivity contribution in [2.75, 3.05) is 13.2 Å². The minimum atomic E-state index is -1.02. The summed E-state index contributed by atoms with van der Waals surface area (Å²) in [6.45, 7) is 4.48. The molecule has 0 aliphatic heterocycles. The van der Waals surface area contributed by atoms with Gasteiger partial charge in [-0.05, 0) is 19.8 Å². The summed E-state index contributed by atoms with van der Waals surface area (Å²) in [5.41, 5.74) is -1.02. The van der Waals surface area contributed by atoms with Gasteiger partial charge in [-0.1, -0.05) is 19.4 Å². The molecule has 0 radical (unpaired) electrons. The second-order valence-electron chi connectivity index (χ2n) is 5.02. The van der Waals surface area contributed by atoms with E-state index >= 15 is 0 Å². The molecule has 1 fully saturated rings. The maximum Gasteiger partial charge on any atom is 0.337 e. The van der Waals surface area contributed by atoms with Crippen LogP contribution in [0.5, 0.6) is 0 Å². The van der Waals surface area contributed by atoms with E-state index in [2.05, 4.69) is 11.3 Å². The van der Waals surface area contributed by atoms with Crippen molar-refractivity contribution in [3.8, 4) is 0 Å². The first-order valence-corrected chi connectivity index (χ1v) is 6.62. The number of esters is 3. The van der Waals surface area contributed by atoms with Crippen LogP contribution in [0.2, 0.25) is 0 Å². The predicted molar refractivity (Wildman–Crippen MR) is 69.4 cm³/mol. The molecule has 0 aromatic carbocycles. The number of aliphatic hydroxyl groups excluding tert-OH is 1. The van der Waals surface area contributed by atoms with E-state index in [1.165, 1.54) is 0 Å². The summed E-state index contributed by atoms with van der Waals surface area (Å²) < 4.78 is 9.58. The average molecular weight is 284 g/mol. The number of rotatable bonds is 5. The summed E-state index contributed by atoms with van der Waals surface area (Å²) >= 11 is 0. The van der Waals surface area contributed by atoms with E-state index in [0.717, 1.165) is 18.9 Å². The molecule has 1 aliphatic carbocycles. The van der Waals surface area contributed by atoms with E-state index < -0.39 is 29.2 Å². The number of aliphatic hydroxyl groups is 1. The molecule has 0 amide bonds. The second kappa shape index (κ2) is 7.19. The van der Waals surface area contributed by atoms with Gasteiger partial charge >= 0.3 is 17.9 Å². The number of carbonyl (C=O) groups excluding carboxylic acids is 3. The molecular formula is C14H20O6. The smallest absolute Gasteiger partial charge is 0.337 e. The molecule has 0 saturated heterocycles. The van der Waals surface area contributed by atoms with Crippen LogP contribution < -0.4 is 0 Å². The van der Waals surface area contributed by atoms with Crippen molar-refractivity contribution in [3.63, 3.8) is 0 Å². The van der Waals surface area contributed by atoms with Crippen LogP contribution in [0.3, 0.4) is 0 Å². The van der Waals surface area contributed by atoms with Gasteiger partial charge in [-0.25, -0.2) is 4.79 Å². The molecule has 1 N–H and O–H groups in total. The van der Waals surface area contributed by atoms with Crippen molar-refractivity contribution in [2.45, 2.75) is 32.6 Å². The van der Waals surface area contributed by atoms with Crippen molar-refractivity contribution in [2.24, 2.45) is 11.3 Å². The van der Waals surface area contributed by atoms with E-state index in [0.29, 0.717) is 12.8 Å². The largest absolute Gasteiger partial charge is 0.463 e. The molecule has 112 valence electrons. The molecule has 0 heterocycles. The summed E-state index contributed by atoms with van der Waals surface area (Å²) in [6, 6.07) is 0. The molecule has 2 unspecified atom stereocenters. The summed E-state index contributed by atoms with van der Waals surface area (Å²) in [4.78, 5) is 35.2. The molecule has 6 nitrogen and oxygen atoms in total. The van der Waals surface area contributed by atoms with Crippen molar-refractivity contribution in [1.82, 2.24) is 0 Å². The maximum absolute atomic E-state index is 12.1. The highest BCUT2D eigenvalue weighted by atomic mass is 16.6. The van der Waals surface area contributed by atoms with Crippen LogP contribution in [0.1, 0.15) is 32.6 Å². The van der Waals surface area contributed by atoms with E-state index in [-0.39, 0.29) is 13.2 Å². The first-order chi connectivity index (χ1) is 9.45. The quantitative estimate of drug-likeness (QED) is 0.460. The number of ether oxygens (including phenoxy) is 2. The Hall–Kier alpha value is -1.69. The molecule has 0 bridgehead atoms. The van der Waals surface area contributed by atoms with Crippen molar-refractivity contribution in [1.29, 1.82) is 0 Å². The summed E-state index contributed by atoms with van der Waals surface area (Å²) in [5.74, 6) is -2.81. The molecule has 20 heavy (non-hydrogen) atoms. The van der Waals surface area contributed by atoms with Crippen LogP contribution in [0.25, 0.3) is 0 Å². The van der Waals surface area contributed by atoms with E-state index in [1.54, 1.807) is 6.92 Å². The van der Waals surface area contributed by atoms with Crippen molar-refractivity contribution >= 4 is 17.9 Å². The number of hydrogen-bond acceptors (Lipinski definition) is 6. The Balaban J connectivity index is 2.84. The van der Waals surface area contributed by atoms with Crippen molar-refractivity contribution in [3.05, 3.63) is 12.7 Å². The third kappa shape index (κ3) is 3.66. The molecule has 2 atom stereocenters. The Morgan fingerprint density at radius 3 is 2.70 bits per heavy atom. The Kier molecular flexibility index (Phi) is 5.88. The maximum atomic E-state index is 12.1. The molecule has 1 saturated carbocycles.